The maximum absolute atomic E-state index is 12.6. The molecule has 1 saturated carbocycles. The Bertz CT molecular complexity index is 1210. The molecule has 2 heterocycles. The highest BCUT2D eigenvalue weighted by Gasteiger charge is 2.22. The number of rotatable bonds is 4. The lowest BCUT2D eigenvalue weighted by Gasteiger charge is -2.20. The Morgan fingerprint density at radius 2 is 1.73 bits per heavy atom. The molecule has 1 amide bonds. The van der Waals surface area contributed by atoms with Crippen LogP contribution < -0.4 is 5.32 Å². The van der Waals surface area contributed by atoms with Crippen molar-refractivity contribution in [2.24, 2.45) is 5.92 Å². The molecule has 2 aromatic heterocycles. The molecule has 1 aliphatic carbocycles. The first-order valence-electron chi connectivity index (χ1n) is 10.4. The van der Waals surface area contributed by atoms with E-state index in [9.17, 15) is 4.79 Å². The predicted octanol–water partition coefficient (Wildman–Crippen LogP) is 4.79. The molecule has 4 aromatic rings. The molecule has 2 aromatic carbocycles. The Morgan fingerprint density at radius 1 is 1.00 bits per heavy atom. The van der Waals surface area contributed by atoms with Gasteiger partial charge in [0.2, 0.25) is 5.91 Å². The molecule has 1 N–H and O–H groups in total. The van der Waals surface area contributed by atoms with Crippen LogP contribution in [0.1, 0.15) is 37.9 Å². The summed E-state index contributed by atoms with van der Waals surface area (Å²) in [5.41, 5.74) is 2.48. The molecule has 30 heavy (non-hydrogen) atoms. The van der Waals surface area contributed by atoms with Crippen LogP contribution in [0, 0.1) is 5.92 Å². The van der Waals surface area contributed by atoms with Gasteiger partial charge in [-0.3, -0.25) is 4.79 Å². The largest absolute Gasteiger partial charge is 0.348 e. The van der Waals surface area contributed by atoms with E-state index < -0.39 is 0 Å². The summed E-state index contributed by atoms with van der Waals surface area (Å²) in [4.78, 5) is 12.6. The van der Waals surface area contributed by atoms with E-state index in [0.29, 0.717) is 23.0 Å². The molecule has 152 valence electrons. The Kier molecular flexibility index (Phi) is 5.09. The summed E-state index contributed by atoms with van der Waals surface area (Å²) < 4.78 is 1.74. The molecule has 0 bridgehead atoms. The van der Waals surface area contributed by atoms with Gasteiger partial charge in [-0.2, -0.15) is 9.61 Å². The van der Waals surface area contributed by atoms with Gasteiger partial charge in [-0.05, 0) is 25.0 Å². The van der Waals surface area contributed by atoms with E-state index in [1.807, 2.05) is 48.5 Å². The molecule has 0 atom stereocenters. The van der Waals surface area contributed by atoms with Crippen LogP contribution in [-0.2, 0) is 11.3 Å². The zero-order valence-corrected chi connectivity index (χ0v) is 17.3. The summed E-state index contributed by atoms with van der Waals surface area (Å²) in [6, 6.07) is 15.6. The van der Waals surface area contributed by atoms with Gasteiger partial charge in [0, 0.05) is 27.3 Å². The van der Waals surface area contributed by atoms with Crippen LogP contribution in [0.15, 0.2) is 48.5 Å². The van der Waals surface area contributed by atoms with E-state index in [-0.39, 0.29) is 11.8 Å². The Hall–Kier alpha value is -2.99. The lowest BCUT2D eigenvalue weighted by Crippen LogP contribution is -2.32. The van der Waals surface area contributed by atoms with Crippen LogP contribution >= 0.6 is 11.6 Å². The summed E-state index contributed by atoms with van der Waals surface area (Å²) in [5, 5.41) is 19.2. The maximum atomic E-state index is 12.6. The Labute approximate surface area is 179 Å². The monoisotopic (exact) mass is 419 g/mol. The maximum Gasteiger partial charge on any atom is 0.223 e. The second-order valence-electron chi connectivity index (χ2n) is 7.81. The lowest BCUT2D eigenvalue weighted by atomic mass is 9.89. The number of amides is 1. The summed E-state index contributed by atoms with van der Waals surface area (Å²) in [6.45, 7) is 0.307. The highest BCUT2D eigenvalue weighted by atomic mass is 35.5. The molecule has 0 spiro atoms. The third-order valence-electron chi connectivity index (χ3n) is 5.84. The predicted molar refractivity (Wildman–Crippen MR) is 117 cm³/mol. The number of hydrogen-bond donors (Lipinski definition) is 1. The number of benzene rings is 2. The minimum absolute atomic E-state index is 0.102. The van der Waals surface area contributed by atoms with Crippen LogP contribution in [-0.4, -0.2) is 25.7 Å². The third kappa shape index (κ3) is 3.52. The van der Waals surface area contributed by atoms with Gasteiger partial charge >= 0.3 is 0 Å². The number of nitrogens with zero attached hydrogens (tertiary/aromatic N) is 4. The molecular formula is C23H22ClN5O. The summed E-state index contributed by atoms with van der Waals surface area (Å²) >= 11 is 6.07. The van der Waals surface area contributed by atoms with Crippen molar-refractivity contribution in [3.8, 4) is 11.3 Å². The minimum atomic E-state index is 0.102. The van der Waals surface area contributed by atoms with E-state index in [0.717, 1.165) is 47.7 Å². The van der Waals surface area contributed by atoms with Crippen molar-refractivity contribution in [2.45, 2.75) is 38.6 Å². The average Bonchev–Trinajstić information content (AvgIpc) is 3.21. The van der Waals surface area contributed by atoms with Crippen LogP contribution in [0.2, 0.25) is 5.02 Å². The average molecular weight is 420 g/mol. The standard InChI is InChI=1S/C23H22ClN5O/c24-17-12-10-15(11-13-17)21-18-8-4-5-9-19(18)22-27-26-20(29(22)28-21)14-25-23(30)16-6-2-1-3-7-16/h4-5,8-13,16H,1-3,6-7,14H2,(H,25,30). The SMILES string of the molecule is O=C(NCc1nnc2c3ccccc3c(-c3ccc(Cl)cc3)nn12)C1CCCCC1. The molecule has 1 aliphatic rings. The number of hydrogen-bond acceptors (Lipinski definition) is 4. The molecule has 1 fully saturated rings. The van der Waals surface area contributed by atoms with Gasteiger partial charge in [0.1, 0.15) is 0 Å². The van der Waals surface area contributed by atoms with E-state index >= 15 is 0 Å². The first-order valence-corrected chi connectivity index (χ1v) is 10.8. The first-order chi connectivity index (χ1) is 14.7. The molecule has 0 unspecified atom stereocenters. The van der Waals surface area contributed by atoms with Crippen LogP contribution in [0.3, 0.4) is 0 Å². The fourth-order valence-corrected chi connectivity index (χ4v) is 4.36. The number of carbonyl (C=O) groups is 1. The molecule has 0 saturated heterocycles. The van der Waals surface area contributed by atoms with Crippen molar-refractivity contribution in [1.82, 2.24) is 25.1 Å². The quantitative estimate of drug-likeness (QED) is 0.516. The molecular weight excluding hydrogens is 398 g/mol. The summed E-state index contributed by atoms with van der Waals surface area (Å²) in [6.07, 6.45) is 5.42. The van der Waals surface area contributed by atoms with Crippen molar-refractivity contribution in [3.05, 3.63) is 59.4 Å². The second kappa shape index (κ2) is 8.03. The van der Waals surface area contributed by atoms with E-state index in [4.69, 9.17) is 16.7 Å². The van der Waals surface area contributed by atoms with Crippen LogP contribution in [0.25, 0.3) is 27.7 Å². The molecule has 0 radical (unpaired) electrons. The lowest BCUT2D eigenvalue weighted by molar-refractivity contribution is -0.126. The first kappa shape index (κ1) is 19.0. The van der Waals surface area contributed by atoms with Gasteiger partial charge in [-0.1, -0.05) is 67.3 Å². The fourth-order valence-electron chi connectivity index (χ4n) is 4.23. The Morgan fingerprint density at radius 3 is 2.50 bits per heavy atom. The zero-order valence-electron chi connectivity index (χ0n) is 16.5. The van der Waals surface area contributed by atoms with Gasteiger partial charge in [0.15, 0.2) is 11.5 Å². The van der Waals surface area contributed by atoms with E-state index in [1.165, 1.54) is 6.42 Å². The topological polar surface area (TPSA) is 72.2 Å². The third-order valence-corrected chi connectivity index (χ3v) is 6.09. The highest BCUT2D eigenvalue weighted by molar-refractivity contribution is 6.30. The summed E-state index contributed by atoms with van der Waals surface area (Å²) in [7, 11) is 0. The smallest absolute Gasteiger partial charge is 0.223 e. The summed E-state index contributed by atoms with van der Waals surface area (Å²) in [5.74, 6) is 0.830. The van der Waals surface area contributed by atoms with Gasteiger partial charge in [0.05, 0.1) is 12.2 Å². The van der Waals surface area contributed by atoms with Crippen molar-refractivity contribution in [1.29, 1.82) is 0 Å². The van der Waals surface area contributed by atoms with Crippen molar-refractivity contribution < 1.29 is 4.79 Å². The number of nitrogens with one attached hydrogen (secondary N) is 1. The van der Waals surface area contributed by atoms with Gasteiger partial charge in [-0.25, -0.2) is 0 Å². The van der Waals surface area contributed by atoms with Crippen LogP contribution in [0.4, 0.5) is 0 Å². The minimum Gasteiger partial charge on any atom is -0.348 e. The van der Waals surface area contributed by atoms with Crippen molar-refractivity contribution in [2.75, 3.05) is 0 Å². The molecule has 0 aliphatic heterocycles. The van der Waals surface area contributed by atoms with Gasteiger partial charge < -0.3 is 5.32 Å². The number of aromatic nitrogens is 4. The number of halogens is 1. The molecule has 5 rings (SSSR count). The fraction of sp³-hybridized carbons (Fsp3) is 0.304. The number of fused-ring (bicyclic) bond motifs is 3. The zero-order chi connectivity index (χ0) is 20.5. The van der Waals surface area contributed by atoms with E-state index in [1.54, 1.807) is 4.52 Å². The van der Waals surface area contributed by atoms with Crippen molar-refractivity contribution in [3.63, 3.8) is 0 Å². The molecule has 6 nitrogen and oxygen atoms in total. The second-order valence-corrected chi connectivity index (χ2v) is 8.24. The normalized spacial score (nSPS) is 15.0. The molecule has 7 heteroatoms. The number of carbonyl (C=O) groups excluding carboxylic acids is 1. The van der Waals surface area contributed by atoms with Gasteiger partial charge in [-0.15, -0.1) is 10.2 Å². The van der Waals surface area contributed by atoms with Crippen molar-refractivity contribution >= 4 is 33.9 Å². The van der Waals surface area contributed by atoms with Crippen LogP contribution in [0.5, 0.6) is 0 Å². The van der Waals surface area contributed by atoms with E-state index in [2.05, 4.69) is 15.5 Å². The Balaban J connectivity index is 1.53. The highest BCUT2D eigenvalue weighted by Crippen LogP contribution is 2.30. The van der Waals surface area contributed by atoms with Gasteiger partial charge in [0.25, 0.3) is 0 Å².